The predicted octanol–water partition coefficient (Wildman–Crippen LogP) is 4.81. The fraction of sp³-hybridized carbons (Fsp3) is 0.120. The van der Waals surface area contributed by atoms with E-state index < -0.39 is 0 Å². The minimum atomic E-state index is -0.120. The van der Waals surface area contributed by atoms with Crippen LogP contribution >= 0.6 is 11.8 Å². The first-order valence-corrected chi connectivity index (χ1v) is 11.1. The molecule has 0 saturated carbocycles. The van der Waals surface area contributed by atoms with Gasteiger partial charge in [0.2, 0.25) is 5.78 Å². The summed E-state index contributed by atoms with van der Waals surface area (Å²) in [5.41, 5.74) is 5.23. The number of aromatic nitrogens is 4. The molecular weight excluding hydrogens is 418 g/mol. The second-order valence-corrected chi connectivity index (χ2v) is 8.61. The molecule has 3 aromatic carbocycles. The molecule has 0 fully saturated rings. The third-order valence-electron chi connectivity index (χ3n) is 5.41. The van der Waals surface area contributed by atoms with E-state index in [2.05, 4.69) is 22.3 Å². The molecule has 5 aromatic rings. The Kier molecular flexibility index (Phi) is 5.00. The number of hydrogen-bond acceptors (Lipinski definition) is 5. The first kappa shape index (κ1) is 20.0. The Bertz CT molecular complexity index is 1590. The number of rotatable bonds is 4. The van der Waals surface area contributed by atoms with Crippen molar-refractivity contribution in [3.63, 3.8) is 0 Å². The van der Waals surface area contributed by atoms with E-state index in [9.17, 15) is 4.79 Å². The van der Waals surface area contributed by atoms with Crippen LogP contribution in [0.25, 0.3) is 22.4 Å². The number of benzene rings is 3. The Morgan fingerprint density at radius 2 is 1.84 bits per heavy atom. The third kappa shape index (κ3) is 3.35. The molecule has 2 heterocycles. The van der Waals surface area contributed by atoms with E-state index >= 15 is 0 Å². The van der Waals surface area contributed by atoms with Gasteiger partial charge in [-0.15, -0.1) is 10.2 Å². The molecule has 0 amide bonds. The van der Waals surface area contributed by atoms with Crippen LogP contribution in [0, 0.1) is 25.2 Å². The van der Waals surface area contributed by atoms with Gasteiger partial charge in [-0.3, -0.25) is 9.20 Å². The summed E-state index contributed by atoms with van der Waals surface area (Å²) in [5, 5.41) is 19.3. The molecule has 0 aliphatic carbocycles. The third-order valence-corrected chi connectivity index (χ3v) is 6.41. The minimum absolute atomic E-state index is 0.120. The Labute approximate surface area is 188 Å². The van der Waals surface area contributed by atoms with Gasteiger partial charge in [-0.2, -0.15) is 5.26 Å². The lowest BCUT2D eigenvalue weighted by Crippen LogP contribution is -2.22. The highest BCUT2D eigenvalue weighted by atomic mass is 32.2. The normalized spacial score (nSPS) is 11.2. The number of hydrogen-bond donors (Lipinski definition) is 0. The molecule has 0 N–H and O–H groups in total. The van der Waals surface area contributed by atoms with Crippen molar-refractivity contribution >= 4 is 28.4 Å². The monoisotopic (exact) mass is 437 g/mol. The summed E-state index contributed by atoms with van der Waals surface area (Å²) in [5.74, 6) is 1.11. The number of para-hydroxylation sites is 1. The zero-order valence-corrected chi connectivity index (χ0v) is 18.4. The van der Waals surface area contributed by atoms with Crippen LogP contribution in [0.4, 0.5) is 0 Å². The molecule has 0 atom stereocenters. The zero-order chi connectivity index (χ0) is 22.2. The standard InChI is InChI=1S/C25H19N5OS/c1-16-10-11-21(17(2)12-16)29-23(31)20-8-3-4-9-22(20)30-24(29)27-28-25(30)32-15-19-7-5-6-18(13-19)14-26/h3-13H,15H2,1-2H3. The maximum atomic E-state index is 13.5. The first-order valence-electron chi connectivity index (χ1n) is 10.1. The number of nitrogens with zero attached hydrogens (tertiary/aromatic N) is 5. The van der Waals surface area contributed by atoms with Crippen LogP contribution in [0.3, 0.4) is 0 Å². The highest BCUT2D eigenvalue weighted by Crippen LogP contribution is 2.26. The van der Waals surface area contributed by atoms with Gasteiger partial charge in [-0.05, 0) is 55.3 Å². The molecule has 2 aromatic heterocycles. The van der Waals surface area contributed by atoms with Crippen molar-refractivity contribution in [2.24, 2.45) is 0 Å². The van der Waals surface area contributed by atoms with Gasteiger partial charge < -0.3 is 0 Å². The molecule has 0 unspecified atom stereocenters. The smallest absolute Gasteiger partial charge is 0.267 e. The van der Waals surface area contributed by atoms with E-state index in [4.69, 9.17) is 5.26 Å². The Hall–Kier alpha value is -3.89. The molecule has 0 bridgehead atoms. The SMILES string of the molecule is Cc1ccc(-n2c(=O)c3ccccc3n3c(SCc4cccc(C#N)c4)nnc23)c(C)c1. The molecule has 0 radical (unpaired) electrons. The van der Waals surface area contributed by atoms with Gasteiger partial charge in [-0.1, -0.05) is 53.7 Å². The van der Waals surface area contributed by atoms with E-state index in [-0.39, 0.29) is 5.56 Å². The summed E-state index contributed by atoms with van der Waals surface area (Å²) in [6, 6.07) is 23.2. The van der Waals surface area contributed by atoms with E-state index in [1.165, 1.54) is 11.8 Å². The van der Waals surface area contributed by atoms with Gasteiger partial charge >= 0.3 is 0 Å². The van der Waals surface area contributed by atoms with Crippen LogP contribution in [0.15, 0.2) is 76.7 Å². The summed E-state index contributed by atoms with van der Waals surface area (Å²) in [4.78, 5) is 13.5. The van der Waals surface area contributed by atoms with Crippen LogP contribution in [0.1, 0.15) is 22.3 Å². The average Bonchev–Trinajstić information content (AvgIpc) is 3.23. The zero-order valence-electron chi connectivity index (χ0n) is 17.6. The van der Waals surface area contributed by atoms with Gasteiger partial charge in [0.1, 0.15) is 0 Å². The summed E-state index contributed by atoms with van der Waals surface area (Å²) in [7, 11) is 0. The average molecular weight is 438 g/mol. The second-order valence-electron chi connectivity index (χ2n) is 7.67. The summed E-state index contributed by atoms with van der Waals surface area (Å²) < 4.78 is 3.58. The molecule has 0 aliphatic heterocycles. The van der Waals surface area contributed by atoms with E-state index in [1.54, 1.807) is 10.6 Å². The molecule has 6 nitrogen and oxygen atoms in total. The lowest BCUT2D eigenvalue weighted by Gasteiger charge is -2.13. The van der Waals surface area contributed by atoms with Crippen molar-refractivity contribution < 1.29 is 0 Å². The lowest BCUT2D eigenvalue weighted by atomic mass is 10.1. The minimum Gasteiger partial charge on any atom is -0.268 e. The number of nitriles is 1. The van der Waals surface area contributed by atoms with Crippen LogP contribution in [-0.2, 0) is 5.75 Å². The Morgan fingerprint density at radius 1 is 1.00 bits per heavy atom. The van der Waals surface area contributed by atoms with Crippen molar-refractivity contribution in [3.05, 3.63) is 99.3 Å². The van der Waals surface area contributed by atoms with Crippen molar-refractivity contribution in [2.75, 3.05) is 0 Å². The summed E-state index contributed by atoms with van der Waals surface area (Å²) >= 11 is 1.52. The van der Waals surface area contributed by atoms with Gasteiger partial charge in [0.05, 0.1) is 28.2 Å². The highest BCUT2D eigenvalue weighted by Gasteiger charge is 2.19. The molecule has 0 spiro atoms. The molecule has 156 valence electrons. The van der Waals surface area contributed by atoms with Gasteiger partial charge in [0.25, 0.3) is 5.56 Å². The van der Waals surface area contributed by atoms with Crippen LogP contribution < -0.4 is 5.56 Å². The molecule has 0 saturated heterocycles. The summed E-state index contributed by atoms with van der Waals surface area (Å²) in [6.07, 6.45) is 0. The lowest BCUT2D eigenvalue weighted by molar-refractivity contribution is 0.928. The van der Waals surface area contributed by atoms with E-state index in [0.717, 1.165) is 27.9 Å². The van der Waals surface area contributed by atoms with Crippen LogP contribution in [0.5, 0.6) is 0 Å². The number of fused-ring (bicyclic) bond motifs is 3. The van der Waals surface area contributed by atoms with E-state index in [1.807, 2.05) is 72.8 Å². The van der Waals surface area contributed by atoms with Crippen molar-refractivity contribution in [1.29, 1.82) is 5.26 Å². The number of aryl methyl sites for hydroxylation is 2. The molecule has 7 heteroatoms. The molecular formula is C25H19N5OS. The first-order chi connectivity index (χ1) is 15.6. The summed E-state index contributed by atoms with van der Waals surface area (Å²) in [6.45, 7) is 4.03. The van der Waals surface area contributed by atoms with Crippen molar-refractivity contribution in [1.82, 2.24) is 19.2 Å². The fourth-order valence-corrected chi connectivity index (χ4v) is 4.81. The van der Waals surface area contributed by atoms with Gasteiger partial charge in [-0.25, -0.2) is 4.57 Å². The van der Waals surface area contributed by atoms with Gasteiger partial charge in [0.15, 0.2) is 5.16 Å². The van der Waals surface area contributed by atoms with Crippen LogP contribution in [0.2, 0.25) is 0 Å². The highest BCUT2D eigenvalue weighted by molar-refractivity contribution is 7.98. The predicted molar refractivity (Wildman–Crippen MR) is 126 cm³/mol. The Morgan fingerprint density at radius 3 is 2.66 bits per heavy atom. The maximum Gasteiger partial charge on any atom is 0.267 e. The Balaban J connectivity index is 1.71. The van der Waals surface area contributed by atoms with Crippen LogP contribution in [-0.4, -0.2) is 19.2 Å². The van der Waals surface area contributed by atoms with Gasteiger partial charge in [0, 0.05) is 5.75 Å². The van der Waals surface area contributed by atoms with E-state index in [0.29, 0.717) is 27.6 Å². The quantitative estimate of drug-likeness (QED) is 0.377. The van der Waals surface area contributed by atoms with Crippen molar-refractivity contribution in [3.8, 4) is 11.8 Å². The number of thioether (sulfide) groups is 1. The topological polar surface area (TPSA) is 76.0 Å². The fourth-order valence-electron chi connectivity index (χ4n) is 3.92. The largest absolute Gasteiger partial charge is 0.268 e. The molecule has 32 heavy (non-hydrogen) atoms. The second kappa shape index (κ2) is 7.98. The maximum absolute atomic E-state index is 13.5. The molecule has 0 aliphatic rings. The molecule has 5 rings (SSSR count). The van der Waals surface area contributed by atoms with Crippen molar-refractivity contribution in [2.45, 2.75) is 24.8 Å².